The summed E-state index contributed by atoms with van der Waals surface area (Å²) in [5.74, 6) is -0.690. The van der Waals surface area contributed by atoms with E-state index in [4.69, 9.17) is 0 Å². The zero-order chi connectivity index (χ0) is 16.2. The Morgan fingerprint density at radius 2 is 1.82 bits per heavy atom. The average Bonchev–Trinajstić information content (AvgIpc) is 2.28. The largest absolute Gasteiger partial charge is 0.501 e. The Morgan fingerprint density at radius 3 is 2.32 bits per heavy atom. The maximum absolute atomic E-state index is 13.5. The Bertz CT molecular complexity index is 687. The van der Waals surface area contributed by atoms with Crippen LogP contribution in [-0.2, 0) is 16.3 Å². The molecule has 0 amide bonds. The van der Waals surface area contributed by atoms with Crippen molar-refractivity contribution >= 4 is 9.84 Å². The maximum Gasteiger partial charge on any atom is 0.501 e. The minimum Gasteiger partial charge on any atom is -0.316 e. The summed E-state index contributed by atoms with van der Waals surface area (Å²) in [6.45, 7) is 1.89. The molecule has 1 saturated heterocycles. The van der Waals surface area contributed by atoms with E-state index in [1.807, 2.05) is 0 Å². The second kappa shape index (κ2) is 4.92. The summed E-state index contributed by atoms with van der Waals surface area (Å²) in [4.78, 5) is -1.02. The molecular formula is C14H15F4NO2S. The summed E-state index contributed by atoms with van der Waals surface area (Å²) in [5.41, 5.74) is -4.82. The van der Waals surface area contributed by atoms with E-state index >= 15 is 0 Å². The van der Waals surface area contributed by atoms with E-state index in [9.17, 15) is 26.0 Å². The van der Waals surface area contributed by atoms with Gasteiger partial charge in [0.25, 0.3) is 9.84 Å². The fraction of sp³-hybridized carbons (Fsp3) is 0.571. The molecule has 2 aliphatic rings. The van der Waals surface area contributed by atoms with Gasteiger partial charge >= 0.3 is 5.51 Å². The molecule has 2 fully saturated rings. The van der Waals surface area contributed by atoms with Gasteiger partial charge in [0.1, 0.15) is 5.82 Å². The van der Waals surface area contributed by atoms with Gasteiger partial charge in [0.2, 0.25) is 0 Å². The molecule has 8 heteroatoms. The minimum absolute atomic E-state index is 0.269. The third kappa shape index (κ3) is 2.62. The van der Waals surface area contributed by atoms with Crippen molar-refractivity contribution in [3.8, 4) is 0 Å². The van der Waals surface area contributed by atoms with Gasteiger partial charge in [0, 0.05) is 13.1 Å². The molecule has 122 valence electrons. The van der Waals surface area contributed by atoms with Crippen LogP contribution < -0.4 is 5.32 Å². The summed E-state index contributed by atoms with van der Waals surface area (Å²) in [5, 5.41) is 3.18. The van der Waals surface area contributed by atoms with Crippen LogP contribution in [0, 0.1) is 17.2 Å². The van der Waals surface area contributed by atoms with Gasteiger partial charge in [0.05, 0.1) is 4.90 Å². The van der Waals surface area contributed by atoms with Gasteiger partial charge in [-0.3, -0.25) is 0 Å². The van der Waals surface area contributed by atoms with Gasteiger partial charge < -0.3 is 5.32 Å². The molecule has 3 rings (SSSR count). The van der Waals surface area contributed by atoms with Crippen LogP contribution in [0.4, 0.5) is 17.6 Å². The Balaban J connectivity index is 1.79. The summed E-state index contributed by atoms with van der Waals surface area (Å²) in [7, 11) is -5.51. The molecule has 1 aliphatic carbocycles. The molecule has 1 aliphatic heterocycles. The third-order valence-corrected chi connectivity index (χ3v) is 5.98. The monoisotopic (exact) mass is 337 g/mol. The van der Waals surface area contributed by atoms with E-state index in [1.54, 1.807) is 0 Å². The summed E-state index contributed by atoms with van der Waals surface area (Å²) in [6, 6.07) is 2.47. The van der Waals surface area contributed by atoms with Crippen LogP contribution in [0.1, 0.15) is 18.4 Å². The predicted octanol–water partition coefficient (Wildman–Crippen LogP) is 2.66. The molecule has 1 heterocycles. The highest BCUT2D eigenvalue weighted by molar-refractivity contribution is 7.92. The number of benzene rings is 1. The van der Waals surface area contributed by atoms with E-state index < -0.39 is 26.1 Å². The van der Waals surface area contributed by atoms with E-state index in [2.05, 4.69) is 5.32 Å². The van der Waals surface area contributed by atoms with Crippen molar-refractivity contribution < 1.29 is 26.0 Å². The molecule has 3 nitrogen and oxygen atoms in total. The van der Waals surface area contributed by atoms with Crippen LogP contribution in [-0.4, -0.2) is 27.0 Å². The number of nitrogens with one attached hydrogen (secondary N) is 1. The van der Waals surface area contributed by atoms with E-state index in [0.29, 0.717) is 23.5 Å². The molecule has 1 spiro atoms. The van der Waals surface area contributed by atoms with Crippen LogP contribution in [0.2, 0.25) is 0 Å². The first kappa shape index (κ1) is 15.7. The predicted molar refractivity (Wildman–Crippen MR) is 71.4 cm³/mol. The average molecular weight is 337 g/mol. The Labute approximate surface area is 125 Å². The first-order valence-electron chi connectivity index (χ1n) is 6.93. The Hall–Kier alpha value is -1.15. The van der Waals surface area contributed by atoms with Gasteiger partial charge in [-0.2, -0.15) is 13.2 Å². The second-order valence-electron chi connectivity index (χ2n) is 6.33. The van der Waals surface area contributed by atoms with Crippen LogP contribution in [0.25, 0.3) is 0 Å². The molecular weight excluding hydrogens is 322 g/mol. The van der Waals surface area contributed by atoms with Crippen LogP contribution in [0.3, 0.4) is 0 Å². The van der Waals surface area contributed by atoms with Gasteiger partial charge in [-0.1, -0.05) is 0 Å². The first-order valence-corrected chi connectivity index (χ1v) is 8.41. The van der Waals surface area contributed by atoms with Crippen molar-refractivity contribution in [1.82, 2.24) is 5.32 Å². The zero-order valence-corrected chi connectivity index (χ0v) is 12.4. The summed E-state index contributed by atoms with van der Waals surface area (Å²) < 4.78 is 74.0. The summed E-state index contributed by atoms with van der Waals surface area (Å²) in [6.07, 6.45) is 2.29. The minimum atomic E-state index is -5.51. The number of halogens is 4. The number of rotatable bonds is 3. The van der Waals surface area contributed by atoms with Crippen molar-refractivity contribution in [2.75, 3.05) is 13.1 Å². The number of hydrogen-bond donors (Lipinski definition) is 1. The molecule has 1 N–H and O–H groups in total. The maximum atomic E-state index is 13.5. The normalized spacial score (nSPS) is 21.5. The van der Waals surface area contributed by atoms with Crippen molar-refractivity contribution in [3.63, 3.8) is 0 Å². The third-order valence-electron chi connectivity index (χ3n) is 4.51. The van der Waals surface area contributed by atoms with Gasteiger partial charge in [-0.15, -0.1) is 0 Å². The van der Waals surface area contributed by atoms with E-state index in [-0.39, 0.29) is 5.92 Å². The molecule has 0 aromatic heterocycles. The van der Waals surface area contributed by atoms with Gasteiger partial charge in [-0.25, -0.2) is 12.8 Å². The fourth-order valence-corrected chi connectivity index (χ4v) is 4.28. The van der Waals surface area contributed by atoms with Crippen molar-refractivity contribution in [2.24, 2.45) is 11.3 Å². The molecule has 1 aromatic carbocycles. The number of alkyl halides is 3. The lowest BCUT2D eigenvalue weighted by atomic mass is 9.57. The molecule has 0 radical (unpaired) electrons. The van der Waals surface area contributed by atoms with Crippen molar-refractivity contribution in [2.45, 2.75) is 29.7 Å². The fourth-order valence-electron chi connectivity index (χ4n) is 3.44. The topological polar surface area (TPSA) is 46.2 Å². The van der Waals surface area contributed by atoms with Gasteiger partial charge in [-0.05, 0) is 54.4 Å². The van der Waals surface area contributed by atoms with Crippen LogP contribution >= 0.6 is 0 Å². The van der Waals surface area contributed by atoms with Crippen LogP contribution in [0.5, 0.6) is 0 Å². The molecule has 1 aromatic rings. The molecule has 0 unspecified atom stereocenters. The Morgan fingerprint density at radius 1 is 1.18 bits per heavy atom. The standard InChI is InChI=1S/C14H15F4NO2S/c15-11-2-9(1-10-5-13(6-10)7-19-8-13)3-12(4-11)22(20,21)14(16,17)18/h2-4,10,19H,1,5-8H2. The van der Waals surface area contributed by atoms with Crippen molar-refractivity contribution in [3.05, 3.63) is 29.6 Å². The van der Waals surface area contributed by atoms with E-state index in [1.165, 1.54) is 0 Å². The van der Waals surface area contributed by atoms with E-state index in [0.717, 1.165) is 38.1 Å². The zero-order valence-electron chi connectivity index (χ0n) is 11.6. The lowest BCUT2D eigenvalue weighted by Gasteiger charge is -2.54. The SMILES string of the molecule is O=S(=O)(c1cc(F)cc(CC2CC3(CNC3)C2)c1)C(F)(F)F. The highest BCUT2D eigenvalue weighted by Gasteiger charge is 2.49. The lowest BCUT2D eigenvalue weighted by Crippen LogP contribution is -2.60. The lowest BCUT2D eigenvalue weighted by molar-refractivity contribution is -0.0436. The highest BCUT2D eigenvalue weighted by atomic mass is 32.2. The first-order chi connectivity index (χ1) is 10.1. The smallest absolute Gasteiger partial charge is 0.316 e. The van der Waals surface area contributed by atoms with Gasteiger partial charge in [0.15, 0.2) is 0 Å². The summed E-state index contributed by atoms with van der Waals surface area (Å²) >= 11 is 0. The molecule has 1 saturated carbocycles. The number of hydrogen-bond acceptors (Lipinski definition) is 3. The highest BCUT2D eigenvalue weighted by Crippen LogP contribution is 2.49. The molecule has 22 heavy (non-hydrogen) atoms. The van der Waals surface area contributed by atoms with Crippen molar-refractivity contribution in [1.29, 1.82) is 0 Å². The molecule has 0 atom stereocenters. The molecule has 0 bridgehead atoms. The Kier molecular flexibility index (Phi) is 3.52. The quantitative estimate of drug-likeness (QED) is 0.863. The van der Waals surface area contributed by atoms with Crippen LogP contribution in [0.15, 0.2) is 23.1 Å². The number of sulfone groups is 1. The second-order valence-corrected chi connectivity index (χ2v) is 8.27.